The van der Waals surface area contributed by atoms with Crippen LogP contribution in [0.5, 0.6) is 11.5 Å². The molecule has 0 saturated carbocycles. The zero-order valence-corrected chi connectivity index (χ0v) is 21.5. The summed E-state index contributed by atoms with van der Waals surface area (Å²) in [6.45, 7) is 4.68. The van der Waals surface area contributed by atoms with E-state index < -0.39 is 0 Å². The summed E-state index contributed by atoms with van der Waals surface area (Å²) in [6.07, 6.45) is 1.66. The molecule has 5 nitrogen and oxygen atoms in total. The predicted molar refractivity (Wildman–Crippen MR) is 141 cm³/mol. The highest BCUT2D eigenvalue weighted by Crippen LogP contribution is 2.34. The minimum atomic E-state index is -0.344. The molecule has 1 fully saturated rings. The Kier molecular flexibility index (Phi) is 8.06. The summed E-state index contributed by atoms with van der Waals surface area (Å²) in [5, 5.41) is 0.753. The molecule has 1 aliphatic rings. The van der Waals surface area contributed by atoms with Gasteiger partial charge < -0.3 is 9.47 Å². The molecule has 8 heteroatoms. The Hall–Kier alpha value is -2.93. The Morgan fingerprint density at radius 3 is 2.43 bits per heavy atom. The van der Waals surface area contributed by atoms with Gasteiger partial charge in [0.2, 0.25) is 0 Å². The Bertz CT molecular complexity index is 1290. The van der Waals surface area contributed by atoms with Crippen molar-refractivity contribution in [2.45, 2.75) is 20.5 Å². The van der Waals surface area contributed by atoms with Crippen molar-refractivity contribution in [1.29, 1.82) is 0 Å². The summed E-state index contributed by atoms with van der Waals surface area (Å²) < 4.78 is 11.6. The van der Waals surface area contributed by atoms with Gasteiger partial charge in [-0.15, -0.1) is 0 Å². The molecule has 0 unspecified atom stereocenters. The molecule has 4 rings (SSSR count). The summed E-state index contributed by atoms with van der Waals surface area (Å²) in [6, 6.07) is 18.5. The van der Waals surface area contributed by atoms with E-state index in [1.54, 1.807) is 36.4 Å². The van der Waals surface area contributed by atoms with Crippen LogP contribution in [0.2, 0.25) is 10.0 Å². The van der Waals surface area contributed by atoms with Gasteiger partial charge in [-0.2, -0.15) is 0 Å². The minimum absolute atomic E-state index is 0.174. The van der Waals surface area contributed by atoms with Crippen LogP contribution in [0.15, 0.2) is 65.6 Å². The summed E-state index contributed by atoms with van der Waals surface area (Å²) in [5.41, 5.74) is 3.75. The second-order valence-corrected chi connectivity index (χ2v) is 9.89. The standard InChI is InChI=1S/C27H23Cl2NO4S/c1-17-3-4-18(2)24(13-17)33-12-11-30-26(31)25(35-27(30)32)15-20-7-10-23(22(29)14-20)34-16-19-5-8-21(28)9-6-19/h3-10,13-15H,11-12,16H2,1-2H3/b25-15-. The van der Waals surface area contributed by atoms with Gasteiger partial charge in [-0.1, -0.05) is 53.5 Å². The first-order valence-electron chi connectivity index (χ1n) is 10.9. The molecule has 180 valence electrons. The van der Waals surface area contributed by atoms with Gasteiger partial charge in [-0.25, -0.2) is 0 Å². The molecule has 2 amide bonds. The molecule has 0 spiro atoms. The van der Waals surface area contributed by atoms with E-state index in [0.717, 1.165) is 34.2 Å². The van der Waals surface area contributed by atoms with Gasteiger partial charge in [0.05, 0.1) is 16.5 Å². The number of hydrogen-bond donors (Lipinski definition) is 0. The third kappa shape index (κ3) is 6.40. The molecule has 1 saturated heterocycles. The average Bonchev–Trinajstić information content (AvgIpc) is 3.09. The zero-order chi connectivity index (χ0) is 24.9. The molecule has 0 atom stereocenters. The van der Waals surface area contributed by atoms with E-state index >= 15 is 0 Å². The van der Waals surface area contributed by atoms with Gasteiger partial charge in [0.1, 0.15) is 24.7 Å². The Morgan fingerprint density at radius 2 is 1.69 bits per heavy atom. The van der Waals surface area contributed by atoms with Crippen molar-refractivity contribution in [2.75, 3.05) is 13.2 Å². The maximum atomic E-state index is 12.8. The second kappa shape index (κ2) is 11.2. The summed E-state index contributed by atoms with van der Waals surface area (Å²) in [5.74, 6) is 0.930. The quantitative estimate of drug-likeness (QED) is 0.287. The number of amides is 2. The number of halogens is 2. The smallest absolute Gasteiger partial charge is 0.293 e. The van der Waals surface area contributed by atoms with Crippen molar-refractivity contribution in [3.63, 3.8) is 0 Å². The molecular weight excluding hydrogens is 505 g/mol. The number of carbonyl (C=O) groups excluding carboxylic acids is 2. The van der Waals surface area contributed by atoms with Crippen molar-refractivity contribution in [2.24, 2.45) is 0 Å². The lowest BCUT2D eigenvalue weighted by Crippen LogP contribution is -2.32. The predicted octanol–water partition coefficient (Wildman–Crippen LogP) is 7.30. The van der Waals surface area contributed by atoms with E-state index in [4.69, 9.17) is 32.7 Å². The second-order valence-electron chi connectivity index (χ2n) is 8.06. The van der Waals surface area contributed by atoms with E-state index in [1.807, 2.05) is 44.2 Å². The normalized spacial score (nSPS) is 14.6. The monoisotopic (exact) mass is 527 g/mol. The van der Waals surface area contributed by atoms with Gasteiger partial charge in [0.25, 0.3) is 11.1 Å². The van der Waals surface area contributed by atoms with Crippen molar-refractivity contribution >= 4 is 52.2 Å². The maximum absolute atomic E-state index is 12.8. The van der Waals surface area contributed by atoms with E-state index in [0.29, 0.717) is 32.9 Å². The van der Waals surface area contributed by atoms with E-state index in [1.165, 1.54) is 4.90 Å². The number of nitrogens with zero attached hydrogens (tertiary/aromatic N) is 1. The number of benzene rings is 3. The fraction of sp³-hybridized carbons (Fsp3) is 0.185. The summed E-state index contributed by atoms with van der Waals surface area (Å²) >= 11 is 13.2. The van der Waals surface area contributed by atoms with Crippen LogP contribution in [0.1, 0.15) is 22.3 Å². The van der Waals surface area contributed by atoms with E-state index in [9.17, 15) is 9.59 Å². The molecular formula is C27H23Cl2NO4S. The van der Waals surface area contributed by atoms with E-state index in [-0.39, 0.29) is 24.3 Å². The summed E-state index contributed by atoms with van der Waals surface area (Å²) in [4.78, 5) is 26.8. The molecule has 0 aliphatic carbocycles. The zero-order valence-electron chi connectivity index (χ0n) is 19.2. The van der Waals surface area contributed by atoms with Gasteiger partial charge in [-0.05, 0) is 84.3 Å². The average molecular weight is 528 g/mol. The number of hydrogen-bond acceptors (Lipinski definition) is 5. The third-order valence-corrected chi connectivity index (χ3v) is 6.81. The Morgan fingerprint density at radius 1 is 0.914 bits per heavy atom. The van der Waals surface area contributed by atoms with Crippen molar-refractivity contribution in [3.05, 3.63) is 97.9 Å². The number of thioether (sulfide) groups is 1. The Labute approximate surface area is 218 Å². The van der Waals surface area contributed by atoms with Crippen LogP contribution in [0.25, 0.3) is 6.08 Å². The minimum Gasteiger partial charge on any atom is -0.491 e. The van der Waals surface area contributed by atoms with E-state index in [2.05, 4.69) is 0 Å². The van der Waals surface area contributed by atoms with Gasteiger partial charge in [0, 0.05) is 5.02 Å². The number of rotatable bonds is 8. The van der Waals surface area contributed by atoms with Crippen LogP contribution < -0.4 is 9.47 Å². The molecule has 1 aliphatic heterocycles. The fourth-order valence-corrected chi connectivity index (χ4v) is 4.65. The van der Waals surface area contributed by atoms with Crippen molar-refractivity contribution < 1.29 is 19.1 Å². The molecule has 0 aromatic heterocycles. The summed E-state index contributed by atoms with van der Waals surface area (Å²) in [7, 11) is 0. The van der Waals surface area contributed by atoms with Crippen LogP contribution in [0, 0.1) is 13.8 Å². The number of imide groups is 1. The van der Waals surface area contributed by atoms with Gasteiger partial charge in [-0.3, -0.25) is 14.5 Å². The highest BCUT2D eigenvalue weighted by molar-refractivity contribution is 8.18. The first-order chi connectivity index (χ1) is 16.8. The molecule has 3 aromatic carbocycles. The van der Waals surface area contributed by atoms with Gasteiger partial charge in [0.15, 0.2) is 0 Å². The van der Waals surface area contributed by atoms with Crippen LogP contribution in [0.4, 0.5) is 4.79 Å². The molecule has 3 aromatic rings. The molecule has 1 heterocycles. The van der Waals surface area contributed by atoms with Crippen LogP contribution >= 0.6 is 35.0 Å². The molecule has 35 heavy (non-hydrogen) atoms. The lowest BCUT2D eigenvalue weighted by atomic mass is 10.1. The fourth-order valence-electron chi connectivity index (χ4n) is 3.42. The first-order valence-corrected chi connectivity index (χ1v) is 12.5. The Balaban J connectivity index is 1.37. The number of aryl methyl sites for hydroxylation is 2. The molecule has 0 N–H and O–H groups in total. The highest BCUT2D eigenvalue weighted by Gasteiger charge is 2.34. The van der Waals surface area contributed by atoms with Crippen molar-refractivity contribution in [3.8, 4) is 11.5 Å². The maximum Gasteiger partial charge on any atom is 0.293 e. The van der Waals surface area contributed by atoms with Gasteiger partial charge >= 0.3 is 0 Å². The third-order valence-electron chi connectivity index (χ3n) is 5.35. The number of ether oxygens (including phenoxy) is 2. The number of carbonyl (C=O) groups is 2. The molecule has 0 radical (unpaired) electrons. The first kappa shape index (κ1) is 25.2. The highest BCUT2D eigenvalue weighted by atomic mass is 35.5. The van der Waals surface area contributed by atoms with Crippen molar-refractivity contribution in [1.82, 2.24) is 4.90 Å². The van der Waals surface area contributed by atoms with Crippen LogP contribution in [-0.4, -0.2) is 29.2 Å². The largest absolute Gasteiger partial charge is 0.491 e. The SMILES string of the molecule is Cc1ccc(C)c(OCCN2C(=O)S/C(=C\c3ccc(OCc4ccc(Cl)cc4)c(Cl)c3)C2=O)c1. The lowest BCUT2D eigenvalue weighted by molar-refractivity contribution is -0.123. The topological polar surface area (TPSA) is 55.8 Å². The molecule has 0 bridgehead atoms. The van der Waals surface area contributed by atoms with Crippen LogP contribution in [-0.2, 0) is 11.4 Å². The van der Waals surface area contributed by atoms with Crippen LogP contribution in [0.3, 0.4) is 0 Å². The lowest BCUT2D eigenvalue weighted by Gasteiger charge is -2.14.